The third-order valence-corrected chi connectivity index (χ3v) is 7.81. The molecule has 1 heterocycles. The third-order valence-electron chi connectivity index (χ3n) is 7.81. The minimum absolute atomic E-state index is 0.0233. The van der Waals surface area contributed by atoms with Gasteiger partial charge in [0.05, 0.1) is 6.61 Å². The van der Waals surface area contributed by atoms with Crippen molar-refractivity contribution in [3.63, 3.8) is 0 Å². The molecule has 0 amide bonds. The van der Waals surface area contributed by atoms with Crippen LogP contribution in [0.2, 0.25) is 0 Å². The van der Waals surface area contributed by atoms with E-state index < -0.39 is 5.97 Å². The van der Waals surface area contributed by atoms with Crippen molar-refractivity contribution in [2.24, 2.45) is 23.2 Å². The minimum Gasteiger partial charge on any atom is -0.550 e. The summed E-state index contributed by atoms with van der Waals surface area (Å²) in [6, 6.07) is 1.96. The van der Waals surface area contributed by atoms with E-state index in [4.69, 9.17) is 4.74 Å². The summed E-state index contributed by atoms with van der Waals surface area (Å²) in [5.41, 5.74) is 4.31. The number of benzene rings is 1. The molecule has 3 nitrogen and oxygen atoms in total. The predicted molar refractivity (Wildman–Crippen MR) is 137 cm³/mol. The third kappa shape index (κ3) is 8.98. The summed E-state index contributed by atoms with van der Waals surface area (Å²) in [4.78, 5) is 11.2. The topological polar surface area (TPSA) is 49.4 Å². The van der Waals surface area contributed by atoms with Gasteiger partial charge in [-0.25, -0.2) is 0 Å². The van der Waals surface area contributed by atoms with Gasteiger partial charge in [0.15, 0.2) is 0 Å². The van der Waals surface area contributed by atoms with Crippen molar-refractivity contribution in [3.8, 4) is 5.75 Å². The molecule has 1 aromatic rings. The lowest BCUT2D eigenvalue weighted by Gasteiger charge is -2.37. The zero-order chi connectivity index (χ0) is 24.6. The highest BCUT2D eigenvalue weighted by Gasteiger charge is 2.33. The van der Waals surface area contributed by atoms with E-state index in [9.17, 15) is 9.90 Å². The van der Waals surface area contributed by atoms with E-state index in [0.29, 0.717) is 0 Å². The number of ether oxygens (including phenoxy) is 1. The molecule has 0 saturated carbocycles. The Bertz CT molecular complexity index is 766. The first-order chi connectivity index (χ1) is 15.5. The predicted octanol–water partition coefficient (Wildman–Crippen LogP) is 6.98. The molecule has 3 unspecified atom stereocenters. The Balaban J connectivity index is 1.79. The molecule has 2 rings (SSSR count). The second-order valence-electron chi connectivity index (χ2n) is 12.0. The number of carboxylic acid groups (broad SMARTS) is 1. The van der Waals surface area contributed by atoms with Crippen molar-refractivity contribution < 1.29 is 14.6 Å². The Hall–Kier alpha value is -1.51. The number of aliphatic carboxylic acids is 1. The summed E-state index contributed by atoms with van der Waals surface area (Å²) in [5.74, 6) is 2.44. The van der Waals surface area contributed by atoms with Crippen LogP contribution >= 0.6 is 0 Å². The average Bonchev–Trinajstić information content (AvgIpc) is 2.71. The number of fused-ring (bicyclic) bond motifs is 1. The van der Waals surface area contributed by atoms with Gasteiger partial charge in [-0.1, -0.05) is 92.1 Å². The molecule has 33 heavy (non-hydrogen) atoms. The standard InChI is InChI=1S/C30H50O3/c1-21(2)11-8-12-22(3)13-9-14-23(4)15-10-16-30(7)19-27-25(6)26(18-28(31)32)17-24(5)29(27)33-20-30/h17,21-23H,8-16,18-20H2,1-7H3,(H,31,32)/p-1. The molecular weight excluding hydrogens is 408 g/mol. The Labute approximate surface area is 203 Å². The van der Waals surface area contributed by atoms with E-state index >= 15 is 0 Å². The number of carbonyl (C=O) groups is 1. The number of carboxylic acids is 1. The summed E-state index contributed by atoms with van der Waals surface area (Å²) >= 11 is 0. The summed E-state index contributed by atoms with van der Waals surface area (Å²) in [6.07, 6.45) is 12.8. The summed E-state index contributed by atoms with van der Waals surface area (Å²) in [7, 11) is 0. The lowest BCUT2D eigenvalue weighted by molar-refractivity contribution is -0.304. The molecule has 0 fully saturated rings. The molecule has 0 N–H and O–H groups in total. The SMILES string of the molecule is Cc1cc(CC(=O)[O-])c(C)c2c1OCC(C)(CCCC(C)CCCC(C)CCCC(C)C)C2. The smallest absolute Gasteiger partial charge is 0.125 e. The molecule has 0 aromatic heterocycles. The van der Waals surface area contributed by atoms with Crippen LogP contribution in [0, 0.1) is 37.0 Å². The normalized spacial score (nSPS) is 19.8. The first-order valence-electron chi connectivity index (χ1n) is 13.5. The van der Waals surface area contributed by atoms with Crippen LogP contribution in [0.3, 0.4) is 0 Å². The summed E-state index contributed by atoms with van der Waals surface area (Å²) in [5, 5.41) is 11.2. The van der Waals surface area contributed by atoms with Crippen LogP contribution in [0.1, 0.15) is 115 Å². The van der Waals surface area contributed by atoms with Crippen molar-refractivity contribution in [1.29, 1.82) is 0 Å². The molecule has 0 saturated heterocycles. The monoisotopic (exact) mass is 457 g/mol. The quantitative estimate of drug-likeness (QED) is 0.303. The van der Waals surface area contributed by atoms with Crippen LogP contribution < -0.4 is 9.84 Å². The molecule has 0 spiro atoms. The van der Waals surface area contributed by atoms with E-state index in [0.717, 1.165) is 59.6 Å². The van der Waals surface area contributed by atoms with Crippen molar-refractivity contribution in [1.82, 2.24) is 0 Å². The summed E-state index contributed by atoms with van der Waals surface area (Å²) < 4.78 is 6.24. The molecule has 0 radical (unpaired) electrons. The number of hydrogen-bond donors (Lipinski definition) is 0. The Morgan fingerprint density at radius 1 is 1.00 bits per heavy atom. The first kappa shape index (κ1) is 27.7. The number of rotatable bonds is 14. The van der Waals surface area contributed by atoms with Gasteiger partial charge in [-0.15, -0.1) is 0 Å². The Morgan fingerprint density at radius 2 is 1.58 bits per heavy atom. The van der Waals surface area contributed by atoms with E-state index in [1.54, 1.807) is 0 Å². The molecule has 0 bridgehead atoms. The molecule has 1 aliphatic rings. The molecular formula is C30H49O3-. The number of hydrogen-bond acceptors (Lipinski definition) is 3. The fraction of sp³-hybridized carbons (Fsp3) is 0.767. The van der Waals surface area contributed by atoms with Crippen molar-refractivity contribution in [2.45, 2.75) is 119 Å². The van der Waals surface area contributed by atoms with Gasteiger partial charge in [0.25, 0.3) is 0 Å². The van der Waals surface area contributed by atoms with Crippen LogP contribution in [0.15, 0.2) is 6.07 Å². The first-order valence-corrected chi connectivity index (χ1v) is 13.5. The van der Waals surface area contributed by atoms with Gasteiger partial charge < -0.3 is 14.6 Å². The minimum atomic E-state index is -1.02. The Kier molecular flexibility index (Phi) is 10.8. The second-order valence-corrected chi connectivity index (χ2v) is 12.0. The lowest BCUT2D eigenvalue weighted by atomic mass is 9.75. The van der Waals surface area contributed by atoms with E-state index in [1.165, 1.54) is 56.9 Å². The largest absolute Gasteiger partial charge is 0.550 e. The van der Waals surface area contributed by atoms with Crippen molar-refractivity contribution in [3.05, 3.63) is 28.3 Å². The highest BCUT2D eigenvalue weighted by Crippen LogP contribution is 2.42. The Morgan fingerprint density at radius 3 is 2.15 bits per heavy atom. The highest BCUT2D eigenvalue weighted by molar-refractivity contribution is 5.69. The molecule has 1 aliphatic heterocycles. The zero-order valence-corrected chi connectivity index (χ0v) is 22.5. The van der Waals surface area contributed by atoms with E-state index in [1.807, 2.05) is 19.9 Å². The molecule has 0 aliphatic carbocycles. The zero-order valence-electron chi connectivity index (χ0n) is 22.5. The van der Waals surface area contributed by atoms with Crippen LogP contribution in [0.25, 0.3) is 0 Å². The van der Waals surface area contributed by atoms with Crippen LogP contribution in [0.5, 0.6) is 5.75 Å². The van der Waals surface area contributed by atoms with Gasteiger partial charge in [-0.3, -0.25) is 0 Å². The van der Waals surface area contributed by atoms with Gasteiger partial charge in [-0.2, -0.15) is 0 Å². The van der Waals surface area contributed by atoms with E-state index in [2.05, 4.69) is 34.6 Å². The summed E-state index contributed by atoms with van der Waals surface area (Å²) in [6.45, 7) is 16.6. The number of carbonyl (C=O) groups excluding carboxylic acids is 1. The van der Waals surface area contributed by atoms with Gasteiger partial charge in [0, 0.05) is 17.8 Å². The van der Waals surface area contributed by atoms with Crippen LogP contribution in [-0.2, 0) is 17.6 Å². The van der Waals surface area contributed by atoms with Crippen LogP contribution in [0.4, 0.5) is 0 Å². The number of aryl methyl sites for hydroxylation is 1. The van der Waals surface area contributed by atoms with E-state index in [-0.39, 0.29) is 11.8 Å². The van der Waals surface area contributed by atoms with Gasteiger partial charge in [-0.05, 0) is 66.7 Å². The molecule has 188 valence electrons. The van der Waals surface area contributed by atoms with Crippen molar-refractivity contribution in [2.75, 3.05) is 6.61 Å². The maximum atomic E-state index is 11.2. The molecule has 1 aromatic carbocycles. The fourth-order valence-electron chi connectivity index (χ4n) is 5.53. The highest BCUT2D eigenvalue weighted by atomic mass is 16.5. The van der Waals surface area contributed by atoms with Gasteiger partial charge in [0.2, 0.25) is 0 Å². The average molecular weight is 458 g/mol. The van der Waals surface area contributed by atoms with Gasteiger partial charge in [0.1, 0.15) is 5.75 Å². The maximum Gasteiger partial charge on any atom is 0.125 e. The second kappa shape index (κ2) is 12.8. The van der Waals surface area contributed by atoms with Crippen molar-refractivity contribution >= 4 is 5.97 Å². The molecule has 3 heteroatoms. The maximum absolute atomic E-state index is 11.2. The molecule has 3 atom stereocenters. The lowest BCUT2D eigenvalue weighted by Crippen LogP contribution is -2.33. The van der Waals surface area contributed by atoms with Gasteiger partial charge >= 0.3 is 0 Å². The van der Waals surface area contributed by atoms with Crippen LogP contribution in [-0.4, -0.2) is 12.6 Å². The fourth-order valence-corrected chi connectivity index (χ4v) is 5.53.